The van der Waals surface area contributed by atoms with Crippen LogP contribution in [0.2, 0.25) is 0 Å². The van der Waals surface area contributed by atoms with E-state index in [1.807, 2.05) is 12.1 Å². The molecule has 6 heteroatoms. The topological polar surface area (TPSA) is 48.8 Å². The Labute approximate surface area is 334 Å². The van der Waals surface area contributed by atoms with E-state index in [9.17, 15) is 0 Å². The molecule has 0 radical (unpaired) electrons. The van der Waals surface area contributed by atoms with E-state index in [1.54, 1.807) is 11.3 Å². The fourth-order valence-corrected chi connectivity index (χ4v) is 10.8. The van der Waals surface area contributed by atoms with E-state index in [1.165, 1.54) is 65.2 Å². The lowest BCUT2D eigenvalue weighted by atomic mass is 9.94. The van der Waals surface area contributed by atoms with Crippen molar-refractivity contribution in [2.75, 3.05) is 0 Å². The molecule has 0 atom stereocenters. The monoisotopic (exact) mass is 756 g/mol. The molecule has 0 unspecified atom stereocenters. The fourth-order valence-electron chi connectivity index (χ4n) is 9.81. The SMILES string of the molecule is c1ccc2c(c1)-c1ccccc1-n1c3cc4c5ccccc5n(-c5nc6c(nc5-c5ccc7oc8ccccc8c7c5)sc5ccccc56)c4cc3c3cccc-2c31. The summed E-state index contributed by atoms with van der Waals surface area (Å²) in [6.07, 6.45) is 0. The third-order valence-corrected chi connectivity index (χ3v) is 13.3. The van der Waals surface area contributed by atoms with Gasteiger partial charge in [0.2, 0.25) is 0 Å². The summed E-state index contributed by atoms with van der Waals surface area (Å²) in [5, 5.41) is 8.03. The van der Waals surface area contributed by atoms with Crippen LogP contribution in [0.25, 0.3) is 131 Å². The molecule has 0 fully saturated rings. The minimum absolute atomic E-state index is 0.804. The van der Waals surface area contributed by atoms with Gasteiger partial charge in [0.05, 0.1) is 27.8 Å². The van der Waals surface area contributed by atoms with Crippen molar-refractivity contribution in [1.29, 1.82) is 0 Å². The number of rotatable bonds is 2. The summed E-state index contributed by atoms with van der Waals surface area (Å²) in [6, 6.07) is 61.2. The van der Waals surface area contributed by atoms with Crippen molar-refractivity contribution in [2.24, 2.45) is 0 Å². The zero-order chi connectivity index (χ0) is 37.6. The van der Waals surface area contributed by atoms with Gasteiger partial charge in [-0.1, -0.05) is 115 Å². The van der Waals surface area contributed by atoms with Gasteiger partial charge in [0.25, 0.3) is 0 Å². The minimum Gasteiger partial charge on any atom is -0.456 e. The van der Waals surface area contributed by atoms with Crippen LogP contribution in [0.4, 0.5) is 0 Å². The molecule has 0 aliphatic carbocycles. The zero-order valence-electron chi connectivity index (χ0n) is 30.8. The predicted octanol–water partition coefficient (Wildman–Crippen LogP) is 14.3. The summed E-state index contributed by atoms with van der Waals surface area (Å²) in [5.74, 6) is 0.804. The standard InChI is InChI=1S/C52H28N4OS/c1-2-13-31-30(12-1)32-14-3-7-20-41(32)55-43-27-38-33-15-4-8-21-42(33)56(44(38)28-39(43)36-19-11-18-35(31)50(36)55)51-48(54-52-49(53-51)37-17-6-10-23-47(37)58-52)29-24-25-46-40(26-29)34-16-5-9-22-45(34)57-46/h1-28H. The second kappa shape index (κ2) is 11.1. The van der Waals surface area contributed by atoms with Gasteiger partial charge in [-0.3, -0.25) is 4.57 Å². The molecule has 8 aromatic carbocycles. The maximum atomic E-state index is 6.28. The number of fused-ring (bicyclic) bond motifs is 17. The number of para-hydroxylation sites is 4. The van der Waals surface area contributed by atoms with Crippen LogP contribution >= 0.6 is 11.3 Å². The van der Waals surface area contributed by atoms with E-state index in [4.69, 9.17) is 14.4 Å². The van der Waals surface area contributed by atoms with Crippen molar-refractivity contribution in [1.82, 2.24) is 19.1 Å². The van der Waals surface area contributed by atoms with E-state index in [0.29, 0.717) is 0 Å². The van der Waals surface area contributed by atoms with Gasteiger partial charge in [-0.25, -0.2) is 9.97 Å². The Kier molecular flexibility index (Phi) is 5.85. The molecule has 268 valence electrons. The van der Waals surface area contributed by atoms with Crippen LogP contribution in [0.3, 0.4) is 0 Å². The van der Waals surface area contributed by atoms with Crippen LogP contribution < -0.4 is 0 Å². The Hall–Kier alpha value is -7.54. The number of thiophene rings is 1. The lowest BCUT2D eigenvalue weighted by Gasteiger charge is -2.14. The molecule has 5 nitrogen and oxygen atoms in total. The molecular weight excluding hydrogens is 729 g/mol. The number of hydrogen-bond donors (Lipinski definition) is 0. The molecule has 0 saturated heterocycles. The first-order chi connectivity index (χ1) is 28.8. The Morgan fingerprint density at radius 3 is 1.98 bits per heavy atom. The van der Waals surface area contributed by atoms with Crippen LogP contribution in [0.1, 0.15) is 0 Å². The van der Waals surface area contributed by atoms with Crippen LogP contribution in [-0.4, -0.2) is 19.1 Å². The summed E-state index contributed by atoms with van der Waals surface area (Å²) in [7, 11) is 0. The van der Waals surface area contributed by atoms with Crippen molar-refractivity contribution in [3.8, 4) is 45.0 Å². The van der Waals surface area contributed by atoms with E-state index < -0.39 is 0 Å². The van der Waals surface area contributed by atoms with Gasteiger partial charge in [-0.05, 0) is 65.7 Å². The average Bonchev–Trinajstić information content (AvgIpc) is 4.00. The number of aromatic nitrogens is 4. The van der Waals surface area contributed by atoms with Gasteiger partial charge in [-0.2, -0.15) is 0 Å². The molecule has 0 spiro atoms. The first-order valence-electron chi connectivity index (χ1n) is 19.6. The zero-order valence-corrected chi connectivity index (χ0v) is 31.6. The van der Waals surface area contributed by atoms with Crippen LogP contribution in [-0.2, 0) is 0 Å². The van der Waals surface area contributed by atoms with Crippen molar-refractivity contribution in [2.45, 2.75) is 0 Å². The van der Waals surface area contributed by atoms with Gasteiger partial charge >= 0.3 is 0 Å². The first-order valence-corrected chi connectivity index (χ1v) is 20.4. The Balaban J connectivity index is 1.13. The molecular formula is C52H28N4OS. The smallest absolute Gasteiger partial charge is 0.165 e. The summed E-state index contributed by atoms with van der Waals surface area (Å²) < 4.78 is 12.3. The van der Waals surface area contributed by atoms with Crippen molar-refractivity contribution in [3.63, 3.8) is 0 Å². The molecule has 5 aromatic heterocycles. The van der Waals surface area contributed by atoms with E-state index in [2.05, 4.69) is 167 Å². The number of benzene rings is 8. The highest BCUT2D eigenvalue weighted by Crippen LogP contribution is 2.48. The number of hydrogen-bond acceptors (Lipinski definition) is 4. The van der Waals surface area contributed by atoms with E-state index in [0.717, 1.165) is 65.8 Å². The number of furan rings is 1. The van der Waals surface area contributed by atoms with Gasteiger partial charge in [0.1, 0.15) is 27.2 Å². The van der Waals surface area contributed by atoms with Crippen LogP contribution in [0, 0.1) is 0 Å². The molecule has 1 aliphatic rings. The highest BCUT2D eigenvalue weighted by molar-refractivity contribution is 7.25. The Morgan fingerprint density at radius 1 is 0.431 bits per heavy atom. The van der Waals surface area contributed by atoms with Crippen LogP contribution in [0.15, 0.2) is 174 Å². The molecule has 13 aromatic rings. The van der Waals surface area contributed by atoms with E-state index in [-0.39, 0.29) is 0 Å². The maximum absolute atomic E-state index is 6.28. The van der Waals surface area contributed by atoms with Gasteiger partial charge in [-0.15, -0.1) is 11.3 Å². The lowest BCUT2D eigenvalue weighted by Crippen LogP contribution is -2.03. The Morgan fingerprint density at radius 2 is 1.09 bits per heavy atom. The first kappa shape index (κ1) is 30.7. The third kappa shape index (κ3) is 3.94. The van der Waals surface area contributed by atoms with Gasteiger partial charge in [0.15, 0.2) is 5.82 Å². The Bertz CT molecular complexity index is 3940. The molecule has 0 N–H and O–H groups in total. The molecule has 6 heterocycles. The normalized spacial score (nSPS) is 12.5. The number of nitrogens with zero attached hydrogens (tertiary/aromatic N) is 4. The van der Waals surface area contributed by atoms with Crippen molar-refractivity contribution < 1.29 is 4.42 Å². The fraction of sp³-hybridized carbons (Fsp3) is 0. The van der Waals surface area contributed by atoms with Crippen LogP contribution in [0.5, 0.6) is 0 Å². The molecule has 0 bridgehead atoms. The largest absolute Gasteiger partial charge is 0.456 e. The minimum atomic E-state index is 0.804. The second-order valence-electron chi connectivity index (χ2n) is 15.3. The lowest BCUT2D eigenvalue weighted by molar-refractivity contribution is 0.669. The molecule has 0 saturated carbocycles. The van der Waals surface area contributed by atoms with Crippen molar-refractivity contribution >= 4 is 97.3 Å². The summed E-state index contributed by atoms with van der Waals surface area (Å²) in [4.78, 5) is 12.1. The summed E-state index contributed by atoms with van der Waals surface area (Å²) >= 11 is 1.69. The summed E-state index contributed by atoms with van der Waals surface area (Å²) in [6.45, 7) is 0. The predicted molar refractivity (Wildman–Crippen MR) is 241 cm³/mol. The molecule has 1 aliphatic heterocycles. The highest BCUT2D eigenvalue weighted by atomic mass is 32.1. The second-order valence-corrected chi connectivity index (χ2v) is 16.3. The van der Waals surface area contributed by atoms with Gasteiger partial charge in [0, 0.05) is 59.1 Å². The summed E-state index contributed by atoms with van der Waals surface area (Å²) in [5.41, 5.74) is 15.2. The van der Waals surface area contributed by atoms with Gasteiger partial charge < -0.3 is 8.98 Å². The van der Waals surface area contributed by atoms with Crippen molar-refractivity contribution in [3.05, 3.63) is 170 Å². The third-order valence-electron chi connectivity index (χ3n) is 12.3. The van der Waals surface area contributed by atoms with E-state index >= 15 is 0 Å². The molecule has 0 amide bonds. The molecule has 14 rings (SSSR count). The maximum Gasteiger partial charge on any atom is 0.165 e. The quantitative estimate of drug-likeness (QED) is 0.176. The molecule has 58 heavy (non-hydrogen) atoms. The average molecular weight is 757 g/mol. The highest BCUT2D eigenvalue weighted by Gasteiger charge is 2.27.